The van der Waals surface area contributed by atoms with Gasteiger partial charge in [-0.05, 0) is 35.9 Å². The van der Waals surface area contributed by atoms with Crippen LogP contribution in [-0.2, 0) is 17.4 Å². The maximum atomic E-state index is 12.7. The van der Waals surface area contributed by atoms with Crippen molar-refractivity contribution in [1.29, 1.82) is 0 Å². The Balaban J connectivity index is 1.67. The summed E-state index contributed by atoms with van der Waals surface area (Å²) in [6.07, 6.45) is -1.17. The minimum Gasteiger partial charge on any atom is -0.326 e. The number of anilines is 1. The summed E-state index contributed by atoms with van der Waals surface area (Å²) in [6.45, 7) is 0. The van der Waals surface area contributed by atoms with Crippen molar-refractivity contribution in [1.82, 2.24) is 9.78 Å². The molecule has 0 bridgehead atoms. The van der Waals surface area contributed by atoms with Gasteiger partial charge in [0, 0.05) is 11.9 Å². The summed E-state index contributed by atoms with van der Waals surface area (Å²) < 4.78 is 39.7. The lowest BCUT2D eigenvalue weighted by atomic mass is 10.2. The largest absolute Gasteiger partial charge is 0.416 e. The monoisotopic (exact) mass is 345 g/mol. The Labute approximate surface area is 141 Å². The second-order valence-electron chi connectivity index (χ2n) is 5.43. The van der Waals surface area contributed by atoms with Crippen molar-refractivity contribution < 1.29 is 18.0 Å². The summed E-state index contributed by atoms with van der Waals surface area (Å²) in [7, 11) is 0. The molecule has 128 valence electrons. The SMILES string of the molecule is O=C(Cc1cnn(-c2ccccc2)c1)Nc1cccc(C(F)(F)F)c1. The Morgan fingerprint density at radius 2 is 1.84 bits per heavy atom. The zero-order valence-corrected chi connectivity index (χ0v) is 13.0. The van der Waals surface area contributed by atoms with E-state index in [4.69, 9.17) is 0 Å². The number of para-hydroxylation sites is 1. The second-order valence-corrected chi connectivity index (χ2v) is 5.43. The third-order valence-corrected chi connectivity index (χ3v) is 3.50. The number of alkyl halides is 3. The van der Waals surface area contributed by atoms with Crippen LogP contribution in [0.3, 0.4) is 0 Å². The first kappa shape index (κ1) is 16.8. The number of hydrogen-bond acceptors (Lipinski definition) is 2. The summed E-state index contributed by atoms with van der Waals surface area (Å²) in [4.78, 5) is 12.1. The van der Waals surface area contributed by atoms with Crippen LogP contribution in [0.25, 0.3) is 5.69 Å². The van der Waals surface area contributed by atoms with Gasteiger partial charge in [-0.25, -0.2) is 4.68 Å². The molecule has 25 heavy (non-hydrogen) atoms. The van der Waals surface area contributed by atoms with Crippen molar-refractivity contribution in [3.05, 3.63) is 78.1 Å². The molecule has 0 aliphatic heterocycles. The highest BCUT2D eigenvalue weighted by molar-refractivity contribution is 5.92. The van der Waals surface area contributed by atoms with E-state index in [0.717, 1.165) is 17.8 Å². The van der Waals surface area contributed by atoms with E-state index in [2.05, 4.69) is 10.4 Å². The topological polar surface area (TPSA) is 46.9 Å². The number of benzene rings is 2. The summed E-state index contributed by atoms with van der Waals surface area (Å²) in [6, 6.07) is 13.9. The van der Waals surface area contributed by atoms with Crippen LogP contribution in [0.15, 0.2) is 67.0 Å². The highest BCUT2D eigenvalue weighted by Crippen LogP contribution is 2.30. The number of aromatic nitrogens is 2. The van der Waals surface area contributed by atoms with E-state index in [0.29, 0.717) is 5.56 Å². The van der Waals surface area contributed by atoms with Gasteiger partial charge >= 0.3 is 6.18 Å². The van der Waals surface area contributed by atoms with Gasteiger partial charge in [0.05, 0.1) is 23.9 Å². The molecule has 4 nitrogen and oxygen atoms in total. The van der Waals surface area contributed by atoms with Crippen molar-refractivity contribution in [2.24, 2.45) is 0 Å². The average Bonchev–Trinajstić information content (AvgIpc) is 3.03. The Hall–Kier alpha value is -3.09. The molecule has 0 saturated heterocycles. The maximum Gasteiger partial charge on any atom is 0.416 e. The normalized spacial score (nSPS) is 11.3. The van der Waals surface area contributed by atoms with Gasteiger partial charge in [-0.2, -0.15) is 18.3 Å². The molecule has 1 amide bonds. The molecule has 7 heteroatoms. The minimum absolute atomic E-state index is 0.0169. The molecule has 0 atom stereocenters. The summed E-state index contributed by atoms with van der Waals surface area (Å²) in [5.41, 5.74) is 0.817. The molecule has 0 aliphatic carbocycles. The van der Waals surface area contributed by atoms with Crippen LogP contribution in [0.5, 0.6) is 0 Å². The molecule has 0 aliphatic rings. The molecule has 1 N–H and O–H groups in total. The molecule has 3 aromatic rings. The van der Waals surface area contributed by atoms with E-state index in [1.54, 1.807) is 17.1 Å². The van der Waals surface area contributed by atoms with Crippen LogP contribution in [0.4, 0.5) is 18.9 Å². The molecular weight excluding hydrogens is 331 g/mol. The fourth-order valence-corrected chi connectivity index (χ4v) is 2.34. The fourth-order valence-electron chi connectivity index (χ4n) is 2.34. The highest BCUT2D eigenvalue weighted by Gasteiger charge is 2.30. The molecule has 1 heterocycles. The molecule has 0 unspecified atom stereocenters. The number of carbonyl (C=O) groups excluding carboxylic acids is 1. The number of nitrogens with zero attached hydrogens (tertiary/aromatic N) is 2. The van der Waals surface area contributed by atoms with Crippen molar-refractivity contribution in [2.45, 2.75) is 12.6 Å². The molecule has 2 aromatic carbocycles. The van der Waals surface area contributed by atoms with Crippen LogP contribution in [0.1, 0.15) is 11.1 Å². The van der Waals surface area contributed by atoms with Gasteiger partial charge in [0.15, 0.2) is 0 Å². The van der Waals surface area contributed by atoms with Crippen LogP contribution < -0.4 is 5.32 Å². The number of halogens is 3. The van der Waals surface area contributed by atoms with E-state index in [1.807, 2.05) is 30.3 Å². The fraction of sp³-hybridized carbons (Fsp3) is 0.111. The minimum atomic E-state index is -4.45. The number of carbonyl (C=O) groups is 1. The third kappa shape index (κ3) is 4.26. The van der Waals surface area contributed by atoms with Crippen LogP contribution in [0, 0.1) is 0 Å². The predicted molar refractivity (Wildman–Crippen MR) is 87.3 cm³/mol. The van der Waals surface area contributed by atoms with Crippen molar-refractivity contribution >= 4 is 11.6 Å². The van der Waals surface area contributed by atoms with Gasteiger partial charge in [-0.1, -0.05) is 24.3 Å². The van der Waals surface area contributed by atoms with E-state index in [-0.39, 0.29) is 12.1 Å². The first-order valence-corrected chi connectivity index (χ1v) is 7.48. The lowest BCUT2D eigenvalue weighted by molar-refractivity contribution is -0.137. The Morgan fingerprint density at radius 3 is 2.56 bits per heavy atom. The molecule has 0 spiro atoms. The zero-order chi connectivity index (χ0) is 17.9. The lowest BCUT2D eigenvalue weighted by Gasteiger charge is -2.09. The summed E-state index contributed by atoms with van der Waals surface area (Å²) in [5.74, 6) is -0.410. The van der Waals surface area contributed by atoms with Crippen molar-refractivity contribution in [2.75, 3.05) is 5.32 Å². The standard InChI is InChI=1S/C18H14F3N3O/c19-18(20,21)14-5-4-6-15(10-14)23-17(25)9-13-11-22-24(12-13)16-7-2-1-3-8-16/h1-8,10-12H,9H2,(H,23,25). The van der Waals surface area contributed by atoms with Gasteiger partial charge in [0.2, 0.25) is 5.91 Å². The van der Waals surface area contributed by atoms with Crippen LogP contribution in [0.2, 0.25) is 0 Å². The van der Waals surface area contributed by atoms with Crippen molar-refractivity contribution in [3.8, 4) is 5.69 Å². The lowest BCUT2D eigenvalue weighted by Crippen LogP contribution is -2.15. The van der Waals surface area contributed by atoms with E-state index in [1.165, 1.54) is 12.1 Å². The average molecular weight is 345 g/mol. The van der Waals surface area contributed by atoms with E-state index >= 15 is 0 Å². The first-order chi connectivity index (χ1) is 11.9. The number of nitrogens with one attached hydrogen (secondary N) is 1. The Morgan fingerprint density at radius 1 is 1.08 bits per heavy atom. The number of rotatable bonds is 4. The first-order valence-electron chi connectivity index (χ1n) is 7.48. The maximum absolute atomic E-state index is 12.7. The molecule has 0 saturated carbocycles. The quantitative estimate of drug-likeness (QED) is 0.775. The second kappa shape index (κ2) is 6.80. The molecule has 0 fully saturated rings. The Bertz CT molecular complexity index is 873. The summed E-state index contributed by atoms with van der Waals surface area (Å²) >= 11 is 0. The van der Waals surface area contributed by atoms with Gasteiger partial charge in [-0.15, -0.1) is 0 Å². The smallest absolute Gasteiger partial charge is 0.326 e. The van der Waals surface area contributed by atoms with Crippen LogP contribution in [-0.4, -0.2) is 15.7 Å². The van der Waals surface area contributed by atoms with Crippen LogP contribution >= 0.6 is 0 Å². The van der Waals surface area contributed by atoms with Gasteiger partial charge < -0.3 is 5.32 Å². The highest BCUT2D eigenvalue weighted by atomic mass is 19.4. The number of hydrogen-bond donors (Lipinski definition) is 1. The van der Waals surface area contributed by atoms with E-state index in [9.17, 15) is 18.0 Å². The number of amides is 1. The Kier molecular flexibility index (Phi) is 4.56. The predicted octanol–water partition coefficient (Wildman–Crippen LogP) is 4.07. The van der Waals surface area contributed by atoms with E-state index < -0.39 is 17.6 Å². The van der Waals surface area contributed by atoms with Gasteiger partial charge in [0.1, 0.15) is 0 Å². The van der Waals surface area contributed by atoms with Gasteiger partial charge in [-0.3, -0.25) is 4.79 Å². The van der Waals surface area contributed by atoms with Crippen molar-refractivity contribution in [3.63, 3.8) is 0 Å². The van der Waals surface area contributed by atoms with Gasteiger partial charge in [0.25, 0.3) is 0 Å². The molecule has 3 rings (SSSR count). The third-order valence-electron chi connectivity index (χ3n) is 3.50. The molecular formula is C18H14F3N3O. The zero-order valence-electron chi connectivity index (χ0n) is 13.0. The summed E-state index contributed by atoms with van der Waals surface area (Å²) in [5, 5.41) is 6.66. The molecule has 0 radical (unpaired) electrons. The molecule has 1 aromatic heterocycles.